The summed E-state index contributed by atoms with van der Waals surface area (Å²) in [4.78, 5) is 0. The number of aliphatic hydroxyl groups excluding tert-OH is 2. The topological polar surface area (TPSA) is 83.0 Å². The lowest BCUT2D eigenvalue weighted by Crippen LogP contribution is -2.33. The number of nitrogens with one attached hydrogen (secondary N) is 2. The molecule has 102 valence electrons. The zero-order valence-electron chi connectivity index (χ0n) is 10.2. The molecule has 2 unspecified atom stereocenters. The second-order valence-corrected chi connectivity index (χ2v) is 4.22. The molecule has 0 bridgehead atoms. The summed E-state index contributed by atoms with van der Waals surface area (Å²) in [7, 11) is 0. The van der Waals surface area contributed by atoms with Crippen LogP contribution < -0.4 is 10.6 Å². The number of ether oxygens (including phenoxy) is 2. The van der Waals surface area contributed by atoms with Crippen LogP contribution in [0.25, 0.3) is 0 Å². The van der Waals surface area contributed by atoms with Crippen molar-refractivity contribution in [2.75, 3.05) is 52.6 Å². The van der Waals surface area contributed by atoms with E-state index in [2.05, 4.69) is 10.6 Å². The quantitative estimate of drug-likeness (QED) is 0.410. The summed E-state index contributed by atoms with van der Waals surface area (Å²) in [6.07, 6.45) is 0.0126. The summed E-state index contributed by atoms with van der Waals surface area (Å²) >= 11 is 0. The van der Waals surface area contributed by atoms with E-state index in [1.54, 1.807) is 0 Å². The van der Waals surface area contributed by atoms with Gasteiger partial charge in [0.2, 0.25) is 0 Å². The zero-order chi connectivity index (χ0) is 12.3. The molecule has 0 spiro atoms. The first-order valence-corrected chi connectivity index (χ1v) is 6.22. The van der Waals surface area contributed by atoms with Gasteiger partial charge in [0, 0.05) is 13.1 Å². The Bertz CT molecular complexity index is 165. The zero-order valence-corrected chi connectivity index (χ0v) is 10.2. The molecule has 4 N–H and O–H groups in total. The highest BCUT2D eigenvalue weighted by Gasteiger charge is 2.06. The Hall–Kier alpha value is -0.240. The summed E-state index contributed by atoms with van der Waals surface area (Å²) in [6.45, 7) is 4.29. The highest BCUT2D eigenvalue weighted by Crippen LogP contribution is 1.89. The first-order chi connectivity index (χ1) is 8.29. The fraction of sp³-hybridized carbons (Fsp3) is 1.00. The Labute approximate surface area is 102 Å². The summed E-state index contributed by atoms with van der Waals surface area (Å²) in [6, 6.07) is 0. The molecule has 0 saturated carbocycles. The Balaban J connectivity index is 2.18. The molecule has 1 saturated heterocycles. The Morgan fingerprint density at radius 2 is 1.29 bits per heavy atom. The fourth-order valence-electron chi connectivity index (χ4n) is 1.55. The molecular formula is C11H24N2O4. The number of aliphatic hydroxyl groups is 2. The number of β-amino-alcohol motifs (C(OH)–C–C–N with tert-alkyl or cyclic N) is 2. The monoisotopic (exact) mass is 248 g/mol. The van der Waals surface area contributed by atoms with Gasteiger partial charge in [0.05, 0.1) is 38.6 Å². The first kappa shape index (κ1) is 14.8. The minimum atomic E-state index is -0.473. The molecule has 1 fully saturated rings. The third-order valence-electron chi connectivity index (χ3n) is 2.46. The minimum absolute atomic E-state index is 0.317. The molecule has 1 heterocycles. The van der Waals surface area contributed by atoms with E-state index in [0.717, 1.165) is 19.5 Å². The van der Waals surface area contributed by atoms with Crippen LogP contribution in [0.15, 0.2) is 0 Å². The van der Waals surface area contributed by atoms with Crippen LogP contribution in [0.2, 0.25) is 0 Å². The standard InChI is InChI=1S/C11H24N2O4/c14-10-6-12-2-1-3-13-7-11(15)9-17-5-4-16-8-10/h10-15H,1-9H2. The van der Waals surface area contributed by atoms with Crippen molar-refractivity contribution in [2.45, 2.75) is 18.6 Å². The predicted octanol–water partition coefficient (Wildman–Crippen LogP) is -1.68. The first-order valence-electron chi connectivity index (χ1n) is 6.22. The Kier molecular flexibility index (Phi) is 8.50. The van der Waals surface area contributed by atoms with Gasteiger partial charge < -0.3 is 30.3 Å². The lowest BCUT2D eigenvalue weighted by molar-refractivity contribution is -0.0155. The largest absolute Gasteiger partial charge is 0.389 e. The Morgan fingerprint density at radius 3 is 1.76 bits per heavy atom. The van der Waals surface area contributed by atoms with Crippen molar-refractivity contribution in [3.05, 3.63) is 0 Å². The van der Waals surface area contributed by atoms with E-state index >= 15 is 0 Å². The normalized spacial score (nSPS) is 31.4. The fourth-order valence-corrected chi connectivity index (χ4v) is 1.55. The third kappa shape index (κ3) is 8.48. The molecule has 0 radical (unpaired) electrons. The summed E-state index contributed by atoms with van der Waals surface area (Å²) in [5, 5.41) is 25.4. The molecule has 6 heteroatoms. The molecule has 1 aliphatic rings. The van der Waals surface area contributed by atoms with Crippen LogP contribution >= 0.6 is 0 Å². The summed E-state index contributed by atoms with van der Waals surface area (Å²) in [5.41, 5.74) is 0. The average Bonchev–Trinajstić information content (AvgIpc) is 2.32. The highest BCUT2D eigenvalue weighted by molar-refractivity contribution is 4.62. The third-order valence-corrected chi connectivity index (χ3v) is 2.46. The molecular weight excluding hydrogens is 224 g/mol. The molecule has 2 atom stereocenters. The van der Waals surface area contributed by atoms with Crippen LogP contribution in [0.3, 0.4) is 0 Å². The van der Waals surface area contributed by atoms with Crippen molar-refractivity contribution in [3.8, 4) is 0 Å². The number of hydrogen-bond donors (Lipinski definition) is 4. The van der Waals surface area contributed by atoms with Gasteiger partial charge in [-0.25, -0.2) is 0 Å². The van der Waals surface area contributed by atoms with Crippen molar-refractivity contribution in [3.63, 3.8) is 0 Å². The lowest BCUT2D eigenvalue weighted by Gasteiger charge is -2.12. The second-order valence-electron chi connectivity index (χ2n) is 4.22. The van der Waals surface area contributed by atoms with Gasteiger partial charge >= 0.3 is 0 Å². The second kappa shape index (κ2) is 9.76. The number of rotatable bonds is 0. The maximum Gasteiger partial charge on any atom is 0.0897 e. The molecule has 0 aromatic carbocycles. The van der Waals surface area contributed by atoms with E-state index in [1.165, 1.54) is 0 Å². The SMILES string of the molecule is OC1CNCCCNCC(O)COCCOC1. The van der Waals surface area contributed by atoms with E-state index in [4.69, 9.17) is 9.47 Å². The van der Waals surface area contributed by atoms with Crippen LogP contribution in [-0.2, 0) is 9.47 Å². The average molecular weight is 248 g/mol. The molecule has 6 nitrogen and oxygen atoms in total. The molecule has 0 aliphatic carbocycles. The molecule has 1 aliphatic heterocycles. The molecule has 0 aromatic rings. The number of hydrogen-bond acceptors (Lipinski definition) is 6. The van der Waals surface area contributed by atoms with Gasteiger partial charge in [0.15, 0.2) is 0 Å². The van der Waals surface area contributed by atoms with Gasteiger partial charge in [-0.3, -0.25) is 0 Å². The van der Waals surface area contributed by atoms with Gasteiger partial charge in [0.25, 0.3) is 0 Å². The van der Waals surface area contributed by atoms with Crippen molar-refractivity contribution < 1.29 is 19.7 Å². The van der Waals surface area contributed by atoms with E-state index in [1.807, 2.05) is 0 Å². The molecule has 1 rings (SSSR count). The van der Waals surface area contributed by atoms with Crippen molar-refractivity contribution in [2.24, 2.45) is 0 Å². The van der Waals surface area contributed by atoms with Gasteiger partial charge in [-0.1, -0.05) is 0 Å². The lowest BCUT2D eigenvalue weighted by atomic mass is 10.3. The summed E-state index contributed by atoms with van der Waals surface area (Å²) in [5.74, 6) is 0. The van der Waals surface area contributed by atoms with Crippen LogP contribution in [0.5, 0.6) is 0 Å². The maximum absolute atomic E-state index is 9.53. The van der Waals surface area contributed by atoms with Crippen LogP contribution in [0.1, 0.15) is 6.42 Å². The van der Waals surface area contributed by atoms with Crippen molar-refractivity contribution in [1.29, 1.82) is 0 Å². The van der Waals surface area contributed by atoms with Gasteiger partial charge in [-0.2, -0.15) is 0 Å². The maximum atomic E-state index is 9.53. The molecule has 0 aromatic heterocycles. The van der Waals surface area contributed by atoms with Crippen LogP contribution in [-0.4, -0.2) is 75.0 Å². The van der Waals surface area contributed by atoms with E-state index in [-0.39, 0.29) is 0 Å². The highest BCUT2D eigenvalue weighted by atomic mass is 16.5. The van der Waals surface area contributed by atoms with Crippen molar-refractivity contribution >= 4 is 0 Å². The van der Waals surface area contributed by atoms with E-state index in [0.29, 0.717) is 39.5 Å². The van der Waals surface area contributed by atoms with Gasteiger partial charge in [0.1, 0.15) is 0 Å². The van der Waals surface area contributed by atoms with E-state index < -0.39 is 12.2 Å². The minimum Gasteiger partial charge on any atom is -0.389 e. The molecule has 0 amide bonds. The van der Waals surface area contributed by atoms with Crippen LogP contribution in [0.4, 0.5) is 0 Å². The summed E-state index contributed by atoms with van der Waals surface area (Å²) < 4.78 is 10.5. The van der Waals surface area contributed by atoms with Gasteiger partial charge in [-0.15, -0.1) is 0 Å². The van der Waals surface area contributed by atoms with Crippen LogP contribution in [0, 0.1) is 0 Å². The smallest absolute Gasteiger partial charge is 0.0897 e. The van der Waals surface area contributed by atoms with Crippen molar-refractivity contribution in [1.82, 2.24) is 10.6 Å². The molecule has 17 heavy (non-hydrogen) atoms. The van der Waals surface area contributed by atoms with Gasteiger partial charge in [-0.05, 0) is 19.5 Å². The van der Waals surface area contributed by atoms with E-state index in [9.17, 15) is 10.2 Å². The predicted molar refractivity (Wildman–Crippen MR) is 64.0 cm³/mol. The Morgan fingerprint density at radius 1 is 0.824 bits per heavy atom.